The summed E-state index contributed by atoms with van der Waals surface area (Å²) in [5, 5.41) is 10.6. The molecule has 1 aromatic carbocycles. The highest BCUT2D eigenvalue weighted by Gasteiger charge is 2.18. The predicted octanol–water partition coefficient (Wildman–Crippen LogP) is 3.27. The molecule has 0 aliphatic rings. The van der Waals surface area contributed by atoms with Crippen molar-refractivity contribution in [1.29, 1.82) is 0 Å². The molecule has 1 rings (SSSR count). The lowest BCUT2D eigenvalue weighted by Crippen LogP contribution is -2.00. The Kier molecular flexibility index (Phi) is 3.57. The van der Waals surface area contributed by atoms with Crippen LogP contribution in [0.2, 0.25) is 0 Å². The summed E-state index contributed by atoms with van der Waals surface area (Å²) < 4.78 is 12.7. The highest BCUT2D eigenvalue weighted by molar-refractivity contribution is 9.10. The summed E-state index contributed by atoms with van der Waals surface area (Å²) in [4.78, 5) is 10.1. The Morgan fingerprint density at radius 3 is 2.79 bits per heavy atom. The maximum Gasteiger partial charge on any atom is 0.283 e. The molecule has 0 aliphatic carbocycles. The lowest BCUT2D eigenvalue weighted by molar-refractivity contribution is -0.385. The van der Waals surface area contributed by atoms with E-state index in [9.17, 15) is 14.5 Å². The summed E-state index contributed by atoms with van der Waals surface area (Å²) in [5.74, 6) is 0.473. The van der Waals surface area contributed by atoms with Crippen molar-refractivity contribution in [1.82, 2.24) is 0 Å². The van der Waals surface area contributed by atoms with Crippen molar-refractivity contribution in [2.24, 2.45) is 0 Å². The smallest absolute Gasteiger partial charge is 0.258 e. The molecular weight excluding hydrogens is 253 g/mol. The molecule has 0 aromatic heterocycles. The summed E-state index contributed by atoms with van der Waals surface area (Å²) in [7, 11) is 0. The lowest BCUT2D eigenvalue weighted by Gasteiger charge is -2.08. The highest BCUT2D eigenvalue weighted by atomic mass is 79.9. The standard InChI is InChI=1S/C9H8BrFNO2/c1-6(5-11)7-3-2-4-8(9(7)10)12(13)14/h2-4H,5H2,1H3. The second-order valence-electron chi connectivity index (χ2n) is 2.81. The number of hydrogen-bond acceptors (Lipinski definition) is 2. The van der Waals surface area contributed by atoms with Crippen LogP contribution in [0.1, 0.15) is 12.5 Å². The van der Waals surface area contributed by atoms with E-state index in [2.05, 4.69) is 15.9 Å². The average Bonchev–Trinajstić information content (AvgIpc) is 2.16. The number of nitro groups is 1. The Labute approximate surface area is 89.2 Å². The zero-order valence-electron chi connectivity index (χ0n) is 7.46. The minimum absolute atomic E-state index is 0.0460. The van der Waals surface area contributed by atoms with Crippen LogP contribution in [0.4, 0.5) is 10.1 Å². The van der Waals surface area contributed by atoms with E-state index in [-0.39, 0.29) is 5.69 Å². The normalized spacial score (nSPS) is 10.6. The SMILES string of the molecule is C[C](CF)c1cccc([N+](=O)[O-])c1Br. The van der Waals surface area contributed by atoms with Crippen molar-refractivity contribution in [2.75, 3.05) is 6.67 Å². The quantitative estimate of drug-likeness (QED) is 0.619. The van der Waals surface area contributed by atoms with Crippen LogP contribution >= 0.6 is 15.9 Å². The average molecular weight is 261 g/mol. The molecule has 0 N–H and O–H groups in total. The molecule has 0 amide bonds. The van der Waals surface area contributed by atoms with E-state index in [1.165, 1.54) is 12.1 Å². The zero-order valence-corrected chi connectivity index (χ0v) is 9.04. The van der Waals surface area contributed by atoms with E-state index in [0.29, 0.717) is 16.0 Å². The van der Waals surface area contributed by atoms with Crippen LogP contribution in [-0.4, -0.2) is 11.6 Å². The van der Waals surface area contributed by atoms with Crippen LogP contribution in [0.3, 0.4) is 0 Å². The van der Waals surface area contributed by atoms with E-state index in [4.69, 9.17) is 0 Å². The fourth-order valence-corrected chi connectivity index (χ4v) is 1.81. The molecule has 0 unspecified atom stereocenters. The van der Waals surface area contributed by atoms with Gasteiger partial charge in [0.1, 0.15) is 0 Å². The first kappa shape index (κ1) is 11.1. The molecule has 14 heavy (non-hydrogen) atoms. The predicted molar refractivity (Wildman–Crippen MR) is 54.8 cm³/mol. The third kappa shape index (κ3) is 2.09. The summed E-state index contributed by atoms with van der Waals surface area (Å²) in [6, 6.07) is 4.56. The van der Waals surface area contributed by atoms with Crippen molar-refractivity contribution in [2.45, 2.75) is 6.92 Å². The van der Waals surface area contributed by atoms with Gasteiger partial charge in [0.05, 0.1) is 16.1 Å². The van der Waals surface area contributed by atoms with Gasteiger partial charge in [0.15, 0.2) is 0 Å². The molecule has 75 valence electrons. The lowest BCUT2D eigenvalue weighted by atomic mass is 10.0. The maximum atomic E-state index is 12.4. The Bertz CT molecular complexity index is 357. The van der Waals surface area contributed by atoms with Gasteiger partial charge in [-0.2, -0.15) is 0 Å². The van der Waals surface area contributed by atoms with E-state index < -0.39 is 11.6 Å². The molecule has 0 spiro atoms. The Morgan fingerprint density at radius 2 is 2.29 bits per heavy atom. The Balaban J connectivity index is 3.20. The molecule has 1 aromatic rings. The monoisotopic (exact) mass is 260 g/mol. The van der Waals surface area contributed by atoms with Gasteiger partial charge in [-0.1, -0.05) is 19.1 Å². The van der Waals surface area contributed by atoms with Crippen LogP contribution in [0.15, 0.2) is 22.7 Å². The fourth-order valence-electron chi connectivity index (χ4n) is 1.06. The van der Waals surface area contributed by atoms with E-state index in [1.54, 1.807) is 13.0 Å². The third-order valence-corrected chi connectivity index (χ3v) is 2.67. The fraction of sp³-hybridized carbons (Fsp3) is 0.222. The van der Waals surface area contributed by atoms with Crippen LogP contribution in [0.25, 0.3) is 0 Å². The number of hydrogen-bond donors (Lipinski definition) is 0. The van der Waals surface area contributed by atoms with Crippen LogP contribution in [0, 0.1) is 16.0 Å². The van der Waals surface area contributed by atoms with Gasteiger partial charge in [-0.3, -0.25) is 14.5 Å². The third-order valence-electron chi connectivity index (χ3n) is 1.84. The molecule has 0 atom stereocenters. The van der Waals surface area contributed by atoms with Gasteiger partial charge in [-0.25, -0.2) is 0 Å². The van der Waals surface area contributed by atoms with Crippen LogP contribution in [0.5, 0.6) is 0 Å². The molecule has 0 saturated carbocycles. The second-order valence-corrected chi connectivity index (χ2v) is 3.60. The number of benzene rings is 1. The number of alkyl halides is 1. The van der Waals surface area contributed by atoms with Gasteiger partial charge in [0, 0.05) is 12.0 Å². The van der Waals surface area contributed by atoms with Gasteiger partial charge in [0.2, 0.25) is 0 Å². The minimum atomic E-state index is -0.611. The molecular formula is C9H8BrFNO2. The molecule has 3 nitrogen and oxygen atoms in total. The number of nitrogens with zero attached hydrogens (tertiary/aromatic N) is 1. The molecule has 0 fully saturated rings. The maximum absolute atomic E-state index is 12.4. The summed E-state index contributed by atoms with van der Waals surface area (Å²) >= 11 is 3.09. The Morgan fingerprint density at radius 1 is 1.64 bits per heavy atom. The van der Waals surface area contributed by atoms with Crippen molar-refractivity contribution in [3.05, 3.63) is 44.3 Å². The second kappa shape index (κ2) is 4.50. The molecule has 0 heterocycles. The largest absolute Gasteiger partial charge is 0.283 e. The Hall–Kier alpha value is -0.970. The van der Waals surface area contributed by atoms with E-state index in [0.717, 1.165) is 0 Å². The number of rotatable bonds is 3. The number of halogens is 2. The van der Waals surface area contributed by atoms with Crippen molar-refractivity contribution in [3.8, 4) is 0 Å². The van der Waals surface area contributed by atoms with Crippen LogP contribution in [-0.2, 0) is 0 Å². The minimum Gasteiger partial charge on any atom is -0.258 e. The summed E-state index contributed by atoms with van der Waals surface area (Å²) in [6.45, 7) is 0.990. The van der Waals surface area contributed by atoms with Gasteiger partial charge in [0.25, 0.3) is 5.69 Å². The summed E-state index contributed by atoms with van der Waals surface area (Å²) in [6.07, 6.45) is 0. The first-order valence-corrected chi connectivity index (χ1v) is 4.69. The first-order valence-electron chi connectivity index (χ1n) is 3.89. The van der Waals surface area contributed by atoms with Crippen molar-refractivity contribution in [3.63, 3.8) is 0 Å². The molecule has 5 heteroatoms. The van der Waals surface area contributed by atoms with Gasteiger partial charge < -0.3 is 0 Å². The highest BCUT2D eigenvalue weighted by Crippen LogP contribution is 2.32. The van der Waals surface area contributed by atoms with Crippen LogP contribution < -0.4 is 0 Å². The molecule has 1 radical (unpaired) electrons. The topological polar surface area (TPSA) is 43.1 Å². The van der Waals surface area contributed by atoms with Crippen molar-refractivity contribution < 1.29 is 9.31 Å². The molecule has 0 bridgehead atoms. The zero-order chi connectivity index (χ0) is 10.7. The van der Waals surface area contributed by atoms with Gasteiger partial charge >= 0.3 is 0 Å². The molecule has 0 saturated heterocycles. The van der Waals surface area contributed by atoms with E-state index in [1.807, 2.05) is 0 Å². The van der Waals surface area contributed by atoms with E-state index >= 15 is 0 Å². The summed E-state index contributed by atoms with van der Waals surface area (Å²) in [5.41, 5.74) is 0.497. The van der Waals surface area contributed by atoms with Crippen molar-refractivity contribution >= 4 is 21.6 Å². The van der Waals surface area contributed by atoms with Gasteiger partial charge in [-0.15, -0.1) is 0 Å². The number of nitro benzene ring substituents is 1. The van der Waals surface area contributed by atoms with Gasteiger partial charge in [-0.05, 0) is 21.5 Å². The first-order chi connectivity index (χ1) is 6.57. The molecule has 0 aliphatic heterocycles.